The summed E-state index contributed by atoms with van der Waals surface area (Å²) in [4.78, 5) is 1.01. The van der Waals surface area contributed by atoms with Crippen LogP contribution >= 0.6 is 12.2 Å². The molecule has 57 valence electrons. The molecule has 1 aliphatic heterocycles. The third-order valence-corrected chi connectivity index (χ3v) is 2.11. The van der Waals surface area contributed by atoms with Gasteiger partial charge in [0.05, 0.1) is 6.61 Å². The van der Waals surface area contributed by atoms with E-state index in [4.69, 9.17) is 17.0 Å². The van der Waals surface area contributed by atoms with Crippen LogP contribution in [-0.4, -0.2) is 11.5 Å². The molecule has 2 rings (SSSR count). The molecule has 0 aromatic heterocycles. The summed E-state index contributed by atoms with van der Waals surface area (Å²) in [6.07, 6.45) is 8.14. The molecule has 0 atom stereocenters. The first-order valence-electron chi connectivity index (χ1n) is 3.77. The summed E-state index contributed by atoms with van der Waals surface area (Å²) in [6, 6.07) is 0. The molecule has 0 amide bonds. The van der Waals surface area contributed by atoms with Crippen molar-refractivity contribution in [1.29, 1.82) is 0 Å². The third kappa shape index (κ3) is 1.36. The standard InChI is InChI=1S/C9H9OS/c11-8-3-4-9-7(6-8)2-1-5-10-9/h2,4,6H,1,3,5H2. The maximum absolute atomic E-state index is 5.43. The van der Waals surface area contributed by atoms with Crippen molar-refractivity contribution in [2.24, 2.45) is 0 Å². The monoisotopic (exact) mass is 165 g/mol. The van der Waals surface area contributed by atoms with Crippen LogP contribution in [0.1, 0.15) is 12.8 Å². The Balaban J connectivity index is 2.26. The lowest BCUT2D eigenvalue weighted by molar-refractivity contribution is 0.208. The van der Waals surface area contributed by atoms with Crippen LogP contribution in [0.2, 0.25) is 0 Å². The molecule has 0 saturated carbocycles. The maximum atomic E-state index is 5.43. The maximum Gasteiger partial charge on any atom is 0.119 e. The van der Waals surface area contributed by atoms with Crippen LogP contribution < -0.4 is 0 Å². The minimum Gasteiger partial charge on any atom is -0.494 e. The predicted octanol–water partition coefficient (Wildman–Crippen LogP) is 2.19. The fourth-order valence-corrected chi connectivity index (χ4v) is 1.51. The molecule has 1 aliphatic carbocycles. The minimum absolute atomic E-state index is 0.815. The van der Waals surface area contributed by atoms with Gasteiger partial charge < -0.3 is 4.74 Å². The molecule has 2 aliphatic rings. The summed E-state index contributed by atoms with van der Waals surface area (Å²) in [5.41, 5.74) is 1.17. The molecule has 0 spiro atoms. The predicted molar refractivity (Wildman–Crippen MR) is 48.3 cm³/mol. The van der Waals surface area contributed by atoms with E-state index < -0.39 is 0 Å². The van der Waals surface area contributed by atoms with Crippen molar-refractivity contribution in [1.82, 2.24) is 0 Å². The van der Waals surface area contributed by atoms with E-state index in [0.29, 0.717) is 0 Å². The molecular weight excluding hydrogens is 156 g/mol. The average molecular weight is 165 g/mol. The number of fused-ring (bicyclic) bond motifs is 1. The van der Waals surface area contributed by atoms with Gasteiger partial charge in [-0.15, -0.1) is 0 Å². The second kappa shape index (κ2) is 2.78. The van der Waals surface area contributed by atoms with E-state index in [1.807, 2.05) is 6.08 Å². The molecule has 1 fully saturated rings. The highest BCUT2D eigenvalue weighted by Gasteiger charge is 2.16. The molecule has 0 unspecified atom stereocenters. The van der Waals surface area contributed by atoms with Gasteiger partial charge in [-0.2, -0.15) is 0 Å². The molecular formula is C9H9OS. The SMILES string of the molecule is S=C1C=C2[CH]CCOC2=CC1. The van der Waals surface area contributed by atoms with Crippen molar-refractivity contribution < 1.29 is 4.74 Å². The second-order valence-corrected chi connectivity index (χ2v) is 3.20. The smallest absolute Gasteiger partial charge is 0.119 e. The first-order chi connectivity index (χ1) is 5.36. The quantitative estimate of drug-likeness (QED) is 0.509. The Morgan fingerprint density at radius 3 is 3.27 bits per heavy atom. The molecule has 1 saturated heterocycles. The minimum atomic E-state index is 0.815. The summed E-state index contributed by atoms with van der Waals surface area (Å²) < 4.78 is 5.43. The zero-order valence-corrected chi connectivity index (χ0v) is 6.99. The Hall–Kier alpha value is -0.630. The van der Waals surface area contributed by atoms with Crippen molar-refractivity contribution in [3.8, 4) is 0 Å². The van der Waals surface area contributed by atoms with Gasteiger partial charge in [0, 0.05) is 11.3 Å². The Morgan fingerprint density at radius 1 is 1.45 bits per heavy atom. The lowest BCUT2D eigenvalue weighted by atomic mass is 9.99. The van der Waals surface area contributed by atoms with E-state index in [0.717, 1.165) is 30.1 Å². The summed E-state index contributed by atoms with van der Waals surface area (Å²) in [5, 5.41) is 0. The number of hydrogen-bond acceptors (Lipinski definition) is 2. The van der Waals surface area contributed by atoms with Gasteiger partial charge in [-0.1, -0.05) is 12.2 Å². The molecule has 1 heterocycles. The largest absolute Gasteiger partial charge is 0.494 e. The van der Waals surface area contributed by atoms with Crippen molar-refractivity contribution in [2.45, 2.75) is 12.8 Å². The van der Waals surface area contributed by atoms with E-state index in [1.165, 1.54) is 5.57 Å². The molecule has 0 aromatic rings. The molecule has 1 nitrogen and oxygen atoms in total. The summed E-state index contributed by atoms with van der Waals surface area (Å²) in [7, 11) is 0. The Kier molecular flexibility index (Phi) is 1.78. The van der Waals surface area contributed by atoms with Crippen molar-refractivity contribution in [3.05, 3.63) is 29.9 Å². The van der Waals surface area contributed by atoms with Gasteiger partial charge in [0.15, 0.2) is 0 Å². The lowest BCUT2D eigenvalue weighted by Gasteiger charge is -2.21. The molecule has 0 N–H and O–H groups in total. The molecule has 0 bridgehead atoms. The van der Waals surface area contributed by atoms with Crippen LogP contribution in [0.3, 0.4) is 0 Å². The van der Waals surface area contributed by atoms with Crippen molar-refractivity contribution in [2.75, 3.05) is 6.61 Å². The van der Waals surface area contributed by atoms with Gasteiger partial charge in [-0.25, -0.2) is 0 Å². The number of ether oxygens (including phenoxy) is 1. The second-order valence-electron chi connectivity index (χ2n) is 2.68. The fraction of sp³-hybridized carbons (Fsp3) is 0.333. The Labute approximate surface area is 71.7 Å². The zero-order valence-electron chi connectivity index (χ0n) is 6.17. The van der Waals surface area contributed by atoms with Gasteiger partial charge in [0.1, 0.15) is 5.76 Å². The topological polar surface area (TPSA) is 9.23 Å². The van der Waals surface area contributed by atoms with Gasteiger partial charge in [0.25, 0.3) is 0 Å². The van der Waals surface area contributed by atoms with Crippen LogP contribution in [-0.2, 0) is 4.74 Å². The molecule has 11 heavy (non-hydrogen) atoms. The molecule has 0 aromatic carbocycles. The highest BCUT2D eigenvalue weighted by Crippen LogP contribution is 2.26. The van der Waals surface area contributed by atoms with Gasteiger partial charge in [-0.05, 0) is 30.6 Å². The number of thiocarbonyl (C=S) groups is 1. The van der Waals surface area contributed by atoms with Crippen LogP contribution in [0.25, 0.3) is 0 Å². The van der Waals surface area contributed by atoms with Crippen molar-refractivity contribution in [3.63, 3.8) is 0 Å². The van der Waals surface area contributed by atoms with Gasteiger partial charge in [0.2, 0.25) is 0 Å². The van der Waals surface area contributed by atoms with Crippen molar-refractivity contribution >= 4 is 17.1 Å². The van der Waals surface area contributed by atoms with Crippen LogP contribution in [0.4, 0.5) is 0 Å². The fourth-order valence-electron chi connectivity index (χ4n) is 1.30. The number of allylic oxidation sites excluding steroid dienone is 3. The number of rotatable bonds is 0. The summed E-state index contributed by atoms with van der Waals surface area (Å²) >= 11 is 5.08. The van der Waals surface area contributed by atoms with Crippen LogP contribution in [0, 0.1) is 6.42 Å². The van der Waals surface area contributed by atoms with Gasteiger partial charge in [-0.3, -0.25) is 0 Å². The molecule has 1 radical (unpaired) electrons. The molecule has 2 heteroatoms. The zero-order chi connectivity index (χ0) is 7.68. The Bertz CT molecular complexity index is 250. The van der Waals surface area contributed by atoms with E-state index in [1.54, 1.807) is 0 Å². The highest BCUT2D eigenvalue weighted by molar-refractivity contribution is 7.80. The Morgan fingerprint density at radius 2 is 2.36 bits per heavy atom. The van der Waals surface area contributed by atoms with Gasteiger partial charge >= 0.3 is 0 Å². The first kappa shape index (κ1) is 7.04. The first-order valence-corrected chi connectivity index (χ1v) is 4.18. The lowest BCUT2D eigenvalue weighted by Crippen LogP contribution is -2.11. The summed E-state index contributed by atoms with van der Waals surface area (Å²) in [5.74, 6) is 1.02. The highest BCUT2D eigenvalue weighted by atomic mass is 32.1. The number of hydrogen-bond donors (Lipinski definition) is 0. The van der Waals surface area contributed by atoms with E-state index >= 15 is 0 Å². The van der Waals surface area contributed by atoms with Crippen LogP contribution in [0.5, 0.6) is 0 Å². The van der Waals surface area contributed by atoms with E-state index in [2.05, 4.69) is 12.5 Å². The summed E-state index contributed by atoms with van der Waals surface area (Å²) in [6.45, 7) is 0.815. The van der Waals surface area contributed by atoms with Crippen LogP contribution in [0.15, 0.2) is 23.5 Å². The normalized spacial score (nSPS) is 23.1. The van der Waals surface area contributed by atoms with E-state index in [-0.39, 0.29) is 0 Å². The third-order valence-electron chi connectivity index (χ3n) is 1.83. The van der Waals surface area contributed by atoms with E-state index in [9.17, 15) is 0 Å². The average Bonchev–Trinajstić information content (AvgIpc) is 2.04.